The number of aryl methyl sites for hydroxylation is 4. The van der Waals surface area contributed by atoms with Gasteiger partial charge in [-0.3, -0.25) is 0 Å². The summed E-state index contributed by atoms with van der Waals surface area (Å²) in [4.78, 5) is 21.0. The van der Waals surface area contributed by atoms with Crippen molar-refractivity contribution in [3.63, 3.8) is 0 Å². The zero-order valence-corrected chi connectivity index (χ0v) is 27.1. The quantitative estimate of drug-likeness (QED) is 0.245. The van der Waals surface area contributed by atoms with E-state index in [2.05, 4.69) is 79.7 Å². The zero-order valence-electron chi connectivity index (χ0n) is 26.1. The SMILES string of the molecule is CCC1=C(CC)c2cc3[n-]c(cc4[n-]c(cc5nc(cc1n2)C(CC)=C5CC)c(CC)c4CC)c(CC)c3CC.[Ni+2]. The van der Waals surface area contributed by atoms with Crippen LogP contribution in [0.2, 0.25) is 0 Å². The van der Waals surface area contributed by atoms with Crippen molar-refractivity contribution in [2.75, 3.05) is 0 Å². The van der Waals surface area contributed by atoms with E-state index in [9.17, 15) is 0 Å². The summed E-state index contributed by atoms with van der Waals surface area (Å²) >= 11 is 0. The molecule has 3 aromatic rings. The molecule has 4 nitrogen and oxygen atoms in total. The molecule has 0 spiro atoms. The first-order valence-electron chi connectivity index (χ1n) is 15.6. The van der Waals surface area contributed by atoms with Crippen molar-refractivity contribution in [2.45, 2.75) is 107 Å². The first-order valence-corrected chi connectivity index (χ1v) is 15.6. The van der Waals surface area contributed by atoms with Crippen molar-refractivity contribution < 1.29 is 16.5 Å². The molecule has 5 heterocycles. The number of hydrogen-bond donors (Lipinski definition) is 0. The van der Waals surface area contributed by atoms with Gasteiger partial charge in [-0.1, -0.05) is 95.8 Å². The summed E-state index contributed by atoms with van der Waals surface area (Å²) in [5, 5.41) is 0. The standard InChI is InChI=1S/C36H44N4.Ni/c1-9-21-22(10-2)30-18-32-25(13-5)26(14-6)34(39-32)20-36-28(16-8)27(15-7)35(40-36)19-33-24(12-4)23(11-3)31(38-33)17-29(21)37-30;/h17-20H,9-16H2,1-8H3;/q-2;+2. The van der Waals surface area contributed by atoms with Gasteiger partial charge in [0, 0.05) is 0 Å². The molecule has 41 heavy (non-hydrogen) atoms. The third-order valence-corrected chi connectivity index (χ3v) is 8.82. The maximum Gasteiger partial charge on any atom is 2.00 e. The van der Waals surface area contributed by atoms with Crippen LogP contribution in [0.15, 0.2) is 24.3 Å². The van der Waals surface area contributed by atoms with Crippen LogP contribution in [0.25, 0.3) is 44.4 Å². The van der Waals surface area contributed by atoms with Crippen LogP contribution >= 0.6 is 0 Å². The minimum atomic E-state index is 0. The van der Waals surface area contributed by atoms with Crippen molar-refractivity contribution in [1.82, 2.24) is 19.9 Å². The smallest absolute Gasteiger partial charge is 0.657 e. The van der Waals surface area contributed by atoms with Gasteiger partial charge in [0.2, 0.25) is 0 Å². The Morgan fingerprint density at radius 3 is 0.927 bits per heavy atom. The fourth-order valence-electron chi connectivity index (χ4n) is 6.92. The third-order valence-electron chi connectivity index (χ3n) is 8.82. The van der Waals surface area contributed by atoms with E-state index in [1.807, 2.05) is 0 Å². The Labute approximate surface area is 256 Å². The molecular weight excluding hydrogens is 547 g/mol. The molecule has 5 rings (SSSR count). The second-order valence-corrected chi connectivity index (χ2v) is 10.8. The van der Waals surface area contributed by atoms with Crippen LogP contribution in [0.3, 0.4) is 0 Å². The van der Waals surface area contributed by atoms with Gasteiger partial charge in [0.15, 0.2) is 0 Å². The molecule has 0 saturated heterocycles. The minimum Gasteiger partial charge on any atom is -0.657 e. The van der Waals surface area contributed by atoms with Crippen molar-refractivity contribution in [1.29, 1.82) is 0 Å². The summed E-state index contributed by atoms with van der Waals surface area (Å²) in [5.41, 5.74) is 19.1. The molecular formula is C36H44N4Ni. The van der Waals surface area contributed by atoms with Crippen LogP contribution < -0.4 is 9.97 Å². The normalized spacial score (nSPS) is 13.3. The molecule has 2 aliphatic heterocycles. The summed E-state index contributed by atoms with van der Waals surface area (Å²) in [6.45, 7) is 17.9. The third kappa shape index (κ3) is 5.27. The molecule has 5 heteroatoms. The number of rotatable bonds is 8. The molecule has 0 saturated carbocycles. The van der Waals surface area contributed by atoms with Gasteiger partial charge in [0.1, 0.15) is 0 Å². The number of aromatic nitrogens is 4. The van der Waals surface area contributed by atoms with Crippen molar-refractivity contribution in [3.8, 4) is 0 Å². The Hall–Kier alpha value is -2.91. The van der Waals surface area contributed by atoms with Crippen molar-refractivity contribution >= 4 is 44.4 Å². The van der Waals surface area contributed by atoms with E-state index >= 15 is 0 Å². The molecule has 218 valence electrons. The molecule has 3 aromatic heterocycles. The van der Waals surface area contributed by atoms with E-state index in [1.54, 1.807) is 0 Å². The first-order chi connectivity index (χ1) is 19.5. The molecule has 0 unspecified atom stereocenters. The summed E-state index contributed by atoms with van der Waals surface area (Å²) in [6.07, 6.45) is 7.60. The van der Waals surface area contributed by atoms with Crippen LogP contribution in [-0.2, 0) is 42.2 Å². The van der Waals surface area contributed by atoms with E-state index in [0.29, 0.717) is 0 Å². The van der Waals surface area contributed by atoms with Crippen LogP contribution in [0.1, 0.15) is 126 Å². The Kier molecular flexibility index (Phi) is 9.80. The zero-order chi connectivity index (χ0) is 28.6. The van der Waals surface area contributed by atoms with Crippen LogP contribution in [-0.4, -0.2) is 9.97 Å². The Morgan fingerprint density at radius 2 is 0.659 bits per heavy atom. The molecule has 2 aliphatic rings. The largest absolute Gasteiger partial charge is 2.00 e. The molecule has 8 bridgehead atoms. The Bertz CT molecular complexity index is 1560. The van der Waals surface area contributed by atoms with Crippen LogP contribution in [0.4, 0.5) is 0 Å². The Balaban J connectivity index is 0.00000387. The Morgan fingerprint density at radius 1 is 0.390 bits per heavy atom. The van der Waals surface area contributed by atoms with Gasteiger partial charge in [0.05, 0.1) is 22.8 Å². The van der Waals surface area contributed by atoms with Gasteiger partial charge in [-0.25, -0.2) is 9.97 Å². The predicted octanol–water partition coefficient (Wildman–Crippen LogP) is 9.28. The first kappa shape index (κ1) is 31.0. The molecule has 0 aliphatic carbocycles. The number of fused-ring (bicyclic) bond motifs is 8. The van der Waals surface area contributed by atoms with E-state index in [4.69, 9.17) is 19.9 Å². The van der Waals surface area contributed by atoms with Gasteiger partial charge >= 0.3 is 16.5 Å². The van der Waals surface area contributed by atoms with E-state index < -0.39 is 0 Å². The van der Waals surface area contributed by atoms with Crippen LogP contribution in [0.5, 0.6) is 0 Å². The number of hydrogen-bond acceptors (Lipinski definition) is 2. The molecule has 0 aromatic carbocycles. The van der Waals surface area contributed by atoms with Gasteiger partial charge in [-0.15, -0.1) is 22.1 Å². The van der Waals surface area contributed by atoms with Gasteiger partial charge < -0.3 is 9.97 Å². The average Bonchev–Trinajstić information content (AvgIpc) is 3.67. The summed E-state index contributed by atoms with van der Waals surface area (Å²) in [6, 6.07) is 8.98. The van der Waals surface area contributed by atoms with Crippen molar-refractivity contribution in [3.05, 3.63) is 69.3 Å². The maximum absolute atomic E-state index is 5.25. The predicted molar refractivity (Wildman–Crippen MR) is 171 cm³/mol. The van der Waals surface area contributed by atoms with Gasteiger partial charge in [-0.2, -0.15) is 0 Å². The molecule has 0 amide bonds. The van der Waals surface area contributed by atoms with E-state index in [0.717, 1.165) is 96.2 Å². The summed E-state index contributed by atoms with van der Waals surface area (Å²) in [7, 11) is 0. The van der Waals surface area contributed by atoms with Gasteiger partial charge in [0.25, 0.3) is 0 Å². The second-order valence-electron chi connectivity index (χ2n) is 10.8. The van der Waals surface area contributed by atoms with Crippen molar-refractivity contribution in [2.24, 2.45) is 0 Å². The molecule has 0 N–H and O–H groups in total. The van der Waals surface area contributed by atoms with E-state index in [1.165, 1.54) is 44.5 Å². The average molecular weight is 591 g/mol. The molecule has 0 radical (unpaired) electrons. The van der Waals surface area contributed by atoms with Gasteiger partial charge in [-0.05, 0) is 79.7 Å². The monoisotopic (exact) mass is 590 g/mol. The number of allylic oxidation sites excluding steroid dienone is 4. The number of nitrogens with zero attached hydrogens (tertiary/aromatic N) is 4. The maximum atomic E-state index is 5.25. The fraction of sp³-hybridized carbons (Fsp3) is 0.444. The summed E-state index contributed by atoms with van der Waals surface area (Å²) < 4.78 is 0. The summed E-state index contributed by atoms with van der Waals surface area (Å²) in [5.74, 6) is 0. The minimum absolute atomic E-state index is 0. The fourth-order valence-corrected chi connectivity index (χ4v) is 6.92. The topological polar surface area (TPSA) is 54.0 Å². The second kappa shape index (κ2) is 12.9. The molecule has 0 atom stereocenters. The molecule has 0 fully saturated rings. The van der Waals surface area contributed by atoms with E-state index in [-0.39, 0.29) is 16.5 Å². The van der Waals surface area contributed by atoms with Crippen LogP contribution in [0, 0.1) is 0 Å².